The van der Waals surface area contributed by atoms with Gasteiger partial charge in [0.25, 0.3) is 10.0 Å². The lowest BCUT2D eigenvalue weighted by molar-refractivity contribution is 0.161. The van der Waals surface area contributed by atoms with Gasteiger partial charge in [-0.15, -0.1) is 0 Å². The summed E-state index contributed by atoms with van der Waals surface area (Å²) in [5.41, 5.74) is 0. The van der Waals surface area contributed by atoms with Crippen molar-refractivity contribution < 1.29 is 22.3 Å². The van der Waals surface area contributed by atoms with Crippen molar-refractivity contribution in [3.05, 3.63) is 0 Å². The smallest absolute Gasteiger partial charge is 0.350 e. The second-order valence-electron chi connectivity index (χ2n) is 3.76. The summed E-state index contributed by atoms with van der Waals surface area (Å²) in [4.78, 5) is 0. The summed E-state index contributed by atoms with van der Waals surface area (Å²) in [5.74, 6) is -3.65. The molecule has 4 nitrogen and oxygen atoms in total. The molecule has 0 radical (unpaired) electrons. The van der Waals surface area contributed by atoms with Crippen LogP contribution in [0.25, 0.3) is 0 Å². The van der Waals surface area contributed by atoms with Gasteiger partial charge in [0.2, 0.25) is 0 Å². The lowest BCUT2D eigenvalue weighted by Crippen LogP contribution is -2.45. The summed E-state index contributed by atoms with van der Waals surface area (Å²) in [6.45, 7) is -0.170. The van der Waals surface area contributed by atoms with E-state index in [-0.39, 0.29) is 12.5 Å². The van der Waals surface area contributed by atoms with Gasteiger partial charge in [0.1, 0.15) is 0 Å². The second kappa shape index (κ2) is 5.18. The molecular weight excluding hydrogens is 228 g/mol. The predicted molar refractivity (Wildman–Crippen MR) is 50.9 cm³/mol. The molecule has 1 saturated carbocycles. The van der Waals surface area contributed by atoms with Crippen molar-refractivity contribution >= 4 is 10.0 Å². The molecule has 0 aromatic heterocycles. The summed E-state index contributed by atoms with van der Waals surface area (Å²) in [5, 5.41) is 8.97. The number of hydrogen-bond acceptors (Lipinski definition) is 3. The van der Waals surface area contributed by atoms with E-state index in [4.69, 9.17) is 5.11 Å². The third-order valence-electron chi connectivity index (χ3n) is 2.69. The molecule has 1 aliphatic rings. The summed E-state index contributed by atoms with van der Waals surface area (Å²) < 4.78 is 48.0. The number of hydrogen-bond donors (Lipinski definition) is 2. The molecule has 0 bridgehead atoms. The Balaban J connectivity index is 2.63. The highest BCUT2D eigenvalue weighted by Gasteiger charge is 2.32. The average Bonchev–Trinajstić information content (AvgIpc) is 2.18. The molecule has 2 unspecified atom stereocenters. The minimum atomic E-state index is -4.54. The first-order valence-electron chi connectivity index (χ1n) is 4.87. The van der Waals surface area contributed by atoms with Gasteiger partial charge < -0.3 is 5.11 Å². The number of aliphatic hydroxyl groups excluding tert-OH is 1. The molecule has 0 aromatic rings. The molecule has 0 saturated heterocycles. The van der Waals surface area contributed by atoms with Crippen LogP contribution in [0.4, 0.5) is 8.78 Å². The Morgan fingerprint density at radius 1 is 1.33 bits per heavy atom. The minimum absolute atomic E-state index is 0.170. The summed E-state index contributed by atoms with van der Waals surface area (Å²) in [7, 11) is -4.54. The van der Waals surface area contributed by atoms with Crippen molar-refractivity contribution in [2.24, 2.45) is 5.92 Å². The average molecular weight is 243 g/mol. The number of halogens is 2. The molecule has 2 N–H and O–H groups in total. The Kier molecular flexibility index (Phi) is 4.42. The quantitative estimate of drug-likeness (QED) is 0.763. The Hall–Kier alpha value is -0.270. The van der Waals surface area contributed by atoms with E-state index >= 15 is 0 Å². The molecule has 0 spiro atoms. The topological polar surface area (TPSA) is 66.4 Å². The monoisotopic (exact) mass is 243 g/mol. The molecule has 0 amide bonds. The van der Waals surface area contributed by atoms with Crippen molar-refractivity contribution in [1.29, 1.82) is 0 Å². The van der Waals surface area contributed by atoms with Gasteiger partial charge in [-0.05, 0) is 18.8 Å². The Morgan fingerprint density at radius 3 is 2.47 bits per heavy atom. The summed E-state index contributed by atoms with van der Waals surface area (Å²) in [6.07, 6.45) is 2.88. The first-order chi connectivity index (χ1) is 6.97. The maximum Gasteiger partial charge on any atom is 0.350 e. The standard InChI is InChI=1S/C8H15F2NO3S/c9-8(10)15(13,14)11-7-4-2-1-3-6(7)5-12/h6-8,11-12H,1-5H2. The molecule has 0 aliphatic heterocycles. The Morgan fingerprint density at radius 2 is 1.93 bits per heavy atom. The van der Waals surface area contributed by atoms with Crippen LogP contribution in [-0.4, -0.2) is 31.9 Å². The van der Waals surface area contributed by atoms with Crippen molar-refractivity contribution in [2.75, 3.05) is 6.61 Å². The fourth-order valence-corrected chi connectivity index (χ4v) is 2.68. The van der Waals surface area contributed by atoms with E-state index in [1.165, 1.54) is 0 Å². The fraction of sp³-hybridized carbons (Fsp3) is 1.00. The van der Waals surface area contributed by atoms with Gasteiger partial charge in [-0.25, -0.2) is 13.1 Å². The van der Waals surface area contributed by atoms with E-state index in [9.17, 15) is 17.2 Å². The zero-order chi connectivity index (χ0) is 11.5. The van der Waals surface area contributed by atoms with Gasteiger partial charge in [0.05, 0.1) is 0 Å². The van der Waals surface area contributed by atoms with Crippen LogP contribution in [0, 0.1) is 5.92 Å². The highest BCUT2D eigenvalue weighted by Crippen LogP contribution is 2.25. The minimum Gasteiger partial charge on any atom is -0.396 e. The molecule has 7 heteroatoms. The molecule has 1 fully saturated rings. The lowest BCUT2D eigenvalue weighted by atomic mass is 9.86. The van der Waals surface area contributed by atoms with E-state index in [1.54, 1.807) is 0 Å². The molecule has 1 aliphatic carbocycles. The number of nitrogens with one attached hydrogen (secondary N) is 1. The van der Waals surface area contributed by atoms with Crippen LogP contribution in [0.5, 0.6) is 0 Å². The van der Waals surface area contributed by atoms with Gasteiger partial charge in [0.15, 0.2) is 0 Å². The van der Waals surface area contributed by atoms with E-state index < -0.39 is 21.8 Å². The van der Waals surface area contributed by atoms with Crippen LogP contribution in [0.15, 0.2) is 0 Å². The van der Waals surface area contributed by atoms with Gasteiger partial charge in [-0.1, -0.05) is 12.8 Å². The predicted octanol–water partition coefficient (Wildman–Crippen LogP) is 0.679. The first-order valence-corrected chi connectivity index (χ1v) is 6.42. The molecule has 90 valence electrons. The number of aliphatic hydroxyl groups is 1. The van der Waals surface area contributed by atoms with Crippen LogP contribution < -0.4 is 4.72 Å². The zero-order valence-electron chi connectivity index (χ0n) is 8.20. The van der Waals surface area contributed by atoms with Crippen LogP contribution in [-0.2, 0) is 10.0 Å². The highest BCUT2D eigenvalue weighted by molar-refractivity contribution is 7.89. The fourth-order valence-electron chi connectivity index (χ4n) is 1.84. The molecule has 0 aromatic carbocycles. The maximum absolute atomic E-state index is 12.1. The normalized spacial score (nSPS) is 28.3. The third kappa shape index (κ3) is 3.35. The van der Waals surface area contributed by atoms with Crippen LogP contribution in [0.3, 0.4) is 0 Å². The van der Waals surface area contributed by atoms with Crippen LogP contribution >= 0.6 is 0 Å². The SMILES string of the molecule is O=S(=O)(NC1CCCCC1CO)C(F)F. The lowest BCUT2D eigenvalue weighted by Gasteiger charge is -2.30. The van der Waals surface area contributed by atoms with Gasteiger partial charge in [-0.2, -0.15) is 8.78 Å². The van der Waals surface area contributed by atoms with Crippen molar-refractivity contribution in [2.45, 2.75) is 37.5 Å². The highest BCUT2D eigenvalue weighted by atomic mass is 32.2. The largest absolute Gasteiger partial charge is 0.396 e. The molecule has 15 heavy (non-hydrogen) atoms. The van der Waals surface area contributed by atoms with E-state index in [2.05, 4.69) is 0 Å². The van der Waals surface area contributed by atoms with Gasteiger partial charge in [-0.3, -0.25) is 0 Å². The molecular formula is C8H15F2NO3S. The Bertz CT molecular complexity index is 294. The van der Waals surface area contributed by atoms with Gasteiger partial charge in [0, 0.05) is 12.6 Å². The Labute approximate surface area is 87.7 Å². The van der Waals surface area contributed by atoms with Crippen molar-refractivity contribution in [3.8, 4) is 0 Å². The van der Waals surface area contributed by atoms with Crippen molar-refractivity contribution in [1.82, 2.24) is 4.72 Å². The van der Waals surface area contributed by atoms with E-state index in [1.807, 2.05) is 4.72 Å². The number of sulfonamides is 1. The second-order valence-corrected chi connectivity index (χ2v) is 5.44. The number of rotatable bonds is 4. The van der Waals surface area contributed by atoms with Crippen LogP contribution in [0.1, 0.15) is 25.7 Å². The van der Waals surface area contributed by atoms with E-state index in [0.29, 0.717) is 12.8 Å². The third-order valence-corrected chi connectivity index (χ3v) is 3.79. The number of alkyl halides is 2. The van der Waals surface area contributed by atoms with Crippen molar-refractivity contribution in [3.63, 3.8) is 0 Å². The molecule has 0 heterocycles. The van der Waals surface area contributed by atoms with Crippen LogP contribution in [0.2, 0.25) is 0 Å². The van der Waals surface area contributed by atoms with Gasteiger partial charge >= 0.3 is 5.76 Å². The summed E-state index contributed by atoms with van der Waals surface area (Å²) >= 11 is 0. The first kappa shape index (κ1) is 12.8. The maximum atomic E-state index is 12.1. The van der Waals surface area contributed by atoms with E-state index in [0.717, 1.165) is 12.8 Å². The molecule has 1 rings (SSSR count). The molecule has 2 atom stereocenters. The zero-order valence-corrected chi connectivity index (χ0v) is 9.01. The summed E-state index contributed by atoms with van der Waals surface area (Å²) in [6, 6.07) is -0.553.